The van der Waals surface area contributed by atoms with Gasteiger partial charge in [-0.05, 0) is 18.2 Å². The highest BCUT2D eigenvalue weighted by Gasteiger charge is 2.06. The Hall–Kier alpha value is -2.07. The summed E-state index contributed by atoms with van der Waals surface area (Å²) in [6, 6.07) is 6.38. The third-order valence-corrected chi connectivity index (χ3v) is 2.67. The lowest BCUT2D eigenvalue weighted by Gasteiger charge is -2.02. The quantitative estimate of drug-likeness (QED) is 0.663. The van der Waals surface area contributed by atoms with Crippen molar-refractivity contribution in [2.75, 3.05) is 0 Å². The Morgan fingerprint density at radius 3 is 2.94 bits per heavy atom. The molecule has 0 fully saturated rings. The minimum atomic E-state index is -0.127. The van der Waals surface area contributed by atoms with Crippen LogP contribution in [0.2, 0.25) is 5.02 Å². The predicted octanol–water partition coefficient (Wildman–Crippen LogP) is 2.63. The standard InChI is InChI=1S/C12H7ClN2O2/c13-8-1-2-11-9(5-8)10(16)6-12(17-11)15-4-3-14-7-15/h1-7H. The highest BCUT2D eigenvalue weighted by Crippen LogP contribution is 2.18. The van der Waals surface area contributed by atoms with Gasteiger partial charge < -0.3 is 4.42 Å². The summed E-state index contributed by atoms with van der Waals surface area (Å²) in [6.07, 6.45) is 4.89. The maximum absolute atomic E-state index is 11.9. The fraction of sp³-hybridized carbons (Fsp3) is 0. The fourth-order valence-electron chi connectivity index (χ4n) is 1.63. The van der Waals surface area contributed by atoms with Crippen molar-refractivity contribution < 1.29 is 4.42 Å². The predicted molar refractivity (Wildman–Crippen MR) is 64.6 cm³/mol. The molecule has 5 heteroatoms. The molecular formula is C12H7ClN2O2. The van der Waals surface area contributed by atoms with Crippen LogP contribution in [-0.2, 0) is 0 Å². The van der Waals surface area contributed by atoms with E-state index in [2.05, 4.69) is 4.98 Å². The van der Waals surface area contributed by atoms with Crippen LogP contribution in [0.15, 0.2) is 52.2 Å². The summed E-state index contributed by atoms with van der Waals surface area (Å²) >= 11 is 5.83. The molecule has 0 aliphatic rings. The first kappa shape index (κ1) is 10.1. The zero-order valence-corrected chi connectivity index (χ0v) is 9.39. The summed E-state index contributed by atoms with van der Waals surface area (Å²) in [4.78, 5) is 15.8. The van der Waals surface area contributed by atoms with Crippen LogP contribution in [0.4, 0.5) is 0 Å². The second-order valence-corrected chi connectivity index (χ2v) is 4.00. The lowest BCUT2D eigenvalue weighted by atomic mass is 10.2. The average molecular weight is 247 g/mol. The van der Waals surface area contributed by atoms with Gasteiger partial charge in [0.05, 0.1) is 5.39 Å². The van der Waals surface area contributed by atoms with Gasteiger partial charge in [-0.1, -0.05) is 11.6 Å². The van der Waals surface area contributed by atoms with Crippen LogP contribution < -0.4 is 5.43 Å². The van der Waals surface area contributed by atoms with E-state index in [0.717, 1.165) is 0 Å². The van der Waals surface area contributed by atoms with Gasteiger partial charge in [0.25, 0.3) is 0 Å². The van der Waals surface area contributed by atoms with Crippen molar-refractivity contribution in [3.8, 4) is 5.88 Å². The van der Waals surface area contributed by atoms with E-state index < -0.39 is 0 Å². The molecule has 0 radical (unpaired) electrons. The number of nitrogens with zero attached hydrogens (tertiary/aromatic N) is 2. The van der Waals surface area contributed by atoms with Crippen molar-refractivity contribution in [2.24, 2.45) is 0 Å². The Morgan fingerprint density at radius 1 is 1.29 bits per heavy atom. The molecular weight excluding hydrogens is 240 g/mol. The maximum Gasteiger partial charge on any atom is 0.209 e. The number of aromatic nitrogens is 2. The van der Waals surface area contributed by atoms with E-state index in [4.69, 9.17) is 16.0 Å². The average Bonchev–Trinajstić information content (AvgIpc) is 2.83. The SMILES string of the molecule is O=c1cc(-n2ccnc2)oc2ccc(Cl)cc12. The summed E-state index contributed by atoms with van der Waals surface area (Å²) in [7, 11) is 0. The topological polar surface area (TPSA) is 48.0 Å². The van der Waals surface area contributed by atoms with E-state index >= 15 is 0 Å². The molecule has 2 heterocycles. The number of fused-ring (bicyclic) bond motifs is 1. The van der Waals surface area contributed by atoms with Crippen LogP contribution >= 0.6 is 11.6 Å². The summed E-state index contributed by atoms with van der Waals surface area (Å²) in [6.45, 7) is 0. The molecule has 0 aliphatic carbocycles. The first-order valence-corrected chi connectivity index (χ1v) is 5.33. The van der Waals surface area contributed by atoms with Crippen LogP contribution in [0.25, 0.3) is 16.9 Å². The van der Waals surface area contributed by atoms with Crippen molar-refractivity contribution >= 4 is 22.6 Å². The number of halogens is 1. The van der Waals surface area contributed by atoms with Gasteiger partial charge in [-0.25, -0.2) is 4.98 Å². The zero-order valence-electron chi connectivity index (χ0n) is 8.63. The molecule has 0 atom stereocenters. The zero-order chi connectivity index (χ0) is 11.8. The van der Waals surface area contributed by atoms with Crippen molar-refractivity contribution in [1.82, 2.24) is 9.55 Å². The van der Waals surface area contributed by atoms with E-state index in [1.807, 2.05) is 0 Å². The lowest BCUT2D eigenvalue weighted by molar-refractivity contribution is 0.567. The Morgan fingerprint density at radius 2 is 2.18 bits per heavy atom. The maximum atomic E-state index is 11.9. The molecule has 0 unspecified atom stereocenters. The van der Waals surface area contributed by atoms with Crippen molar-refractivity contribution in [3.05, 3.63) is 58.2 Å². The molecule has 0 N–H and O–H groups in total. The Bertz CT molecular complexity index is 732. The van der Waals surface area contributed by atoms with Gasteiger partial charge in [0.2, 0.25) is 5.88 Å². The van der Waals surface area contributed by atoms with Gasteiger partial charge in [0, 0.05) is 23.5 Å². The Kier molecular flexibility index (Phi) is 2.23. The molecule has 0 saturated carbocycles. The van der Waals surface area contributed by atoms with E-state index in [1.165, 1.54) is 6.07 Å². The Balaban J connectivity index is 2.32. The molecule has 0 amide bonds. The molecule has 0 aliphatic heterocycles. The molecule has 84 valence electrons. The fourth-order valence-corrected chi connectivity index (χ4v) is 1.80. The van der Waals surface area contributed by atoms with E-state index in [0.29, 0.717) is 21.9 Å². The van der Waals surface area contributed by atoms with Crippen LogP contribution in [0.3, 0.4) is 0 Å². The van der Waals surface area contributed by atoms with Crippen molar-refractivity contribution in [2.45, 2.75) is 0 Å². The third-order valence-electron chi connectivity index (χ3n) is 2.44. The molecule has 1 aromatic carbocycles. The summed E-state index contributed by atoms with van der Waals surface area (Å²) in [5.74, 6) is 0.433. The highest BCUT2D eigenvalue weighted by atomic mass is 35.5. The number of imidazole rings is 1. The molecule has 4 nitrogen and oxygen atoms in total. The summed E-state index contributed by atoms with van der Waals surface area (Å²) in [5.41, 5.74) is 0.378. The molecule has 2 aromatic heterocycles. The second kappa shape index (κ2) is 3.75. The second-order valence-electron chi connectivity index (χ2n) is 3.56. The first-order chi connectivity index (χ1) is 8.24. The molecule has 3 aromatic rings. The van der Waals surface area contributed by atoms with Crippen molar-refractivity contribution in [3.63, 3.8) is 0 Å². The monoisotopic (exact) mass is 246 g/mol. The summed E-state index contributed by atoms with van der Waals surface area (Å²) in [5, 5.41) is 0.988. The molecule has 0 spiro atoms. The smallest absolute Gasteiger partial charge is 0.209 e. The minimum Gasteiger partial charge on any atom is -0.440 e. The van der Waals surface area contributed by atoms with E-state index in [1.54, 1.807) is 41.5 Å². The van der Waals surface area contributed by atoms with Crippen LogP contribution in [0, 0.1) is 0 Å². The van der Waals surface area contributed by atoms with Crippen LogP contribution in [0.1, 0.15) is 0 Å². The van der Waals surface area contributed by atoms with Gasteiger partial charge >= 0.3 is 0 Å². The van der Waals surface area contributed by atoms with Crippen molar-refractivity contribution in [1.29, 1.82) is 0 Å². The minimum absolute atomic E-state index is 0.127. The van der Waals surface area contributed by atoms with Gasteiger partial charge in [-0.15, -0.1) is 0 Å². The van der Waals surface area contributed by atoms with Crippen LogP contribution in [-0.4, -0.2) is 9.55 Å². The number of benzene rings is 1. The first-order valence-electron chi connectivity index (χ1n) is 4.96. The molecule has 17 heavy (non-hydrogen) atoms. The largest absolute Gasteiger partial charge is 0.440 e. The van der Waals surface area contributed by atoms with Gasteiger partial charge in [0.1, 0.15) is 11.9 Å². The van der Waals surface area contributed by atoms with E-state index in [-0.39, 0.29) is 5.43 Å². The molecule has 0 bridgehead atoms. The number of hydrogen-bond donors (Lipinski definition) is 0. The lowest BCUT2D eigenvalue weighted by Crippen LogP contribution is -2.03. The number of hydrogen-bond acceptors (Lipinski definition) is 3. The Labute approximate surface area is 101 Å². The molecule has 0 saturated heterocycles. The third kappa shape index (κ3) is 1.72. The van der Waals surface area contributed by atoms with Gasteiger partial charge in [0.15, 0.2) is 5.43 Å². The van der Waals surface area contributed by atoms with E-state index in [9.17, 15) is 4.79 Å². The normalized spacial score (nSPS) is 10.9. The van der Waals surface area contributed by atoms with Gasteiger partial charge in [-0.2, -0.15) is 0 Å². The van der Waals surface area contributed by atoms with Crippen LogP contribution in [0.5, 0.6) is 0 Å². The summed E-state index contributed by atoms with van der Waals surface area (Å²) < 4.78 is 7.24. The highest BCUT2D eigenvalue weighted by molar-refractivity contribution is 6.31. The van der Waals surface area contributed by atoms with Gasteiger partial charge in [-0.3, -0.25) is 9.36 Å². The molecule has 3 rings (SSSR count). The number of rotatable bonds is 1.